The van der Waals surface area contributed by atoms with Crippen molar-refractivity contribution in [1.82, 2.24) is 0 Å². The van der Waals surface area contributed by atoms with Crippen LogP contribution < -0.4 is 0 Å². The molecule has 0 aromatic carbocycles. The average Bonchev–Trinajstić information content (AvgIpc) is 2.63. The van der Waals surface area contributed by atoms with Gasteiger partial charge < -0.3 is 4.74 Å². The van der Waals surface area contributed by atoms with Crippen molar-refractivity contribution < 1.29 is 9.53 Å². The second kappa shape index (κ2) is 1.92. The Hall–Kier alpha value is -0.370. The van der Waals surface area contributed by atoms with Crippen LogP contribution in [-0.4, -0.2) is 18.0 Å². The molecule has 12 heavy (non-hydrogen) atoms. The van der Waals surface area contributed by atoms with E-state index in [9.17, 15) is 4.79 Å². The Morgan fingerprint density at radius 1 is 1.33 bits per heavy atom. The summed E-state index contributed by atoms with van der Waals surface area (Å²) in [5.74, 6) is 0.355. The summed E-state index contributed by atoms with van der Waals surface area (Å²) in [6.07, 6.45) is 1.46. The van der Waals surface area contributed by atoms with Crippen LogP contribution in [0.4, 0.5) is 0 Å². The van der Waals surface area contributed by atoms with Gasteiger partial charge in [-0.1, -0.05) is 27.7 Å². The average molecular weight is 168 g/mol. The van der Waals surface area contributed by atoms with Crippen LogP contribution in [0, 0.1) is 10.8 Å². The first kappa shape index (κ1) is 8.24. The van der Waals surface area contributed by atoms with E-state index in [-0.39, 0.29) is 16.9 Å². The van der Waals surface area contributed by atoms with Crippen LogP contribution in [0.3, 0.4) is 0 Å². The molecule has 1 saturated carbocycles. The lowest BCUT2D eigenvalue weighted by Crippen LogP contribution is -2.45. The van der Waals surface area contributed by atoms with E-state index in [1.165, 1.54) is 0 Å². The third-order valence-electron chi connectivity index (χ3n) is 3.21. The van der Waals surface area contributed by atoms with Gasteiger partial charge in [0.1, 0.15) is 5.78 Å². The lowest BCUT2D eigenvalue weighted by Gasteiger charge is -2.35. The molecule has 0 spiro atoms. The molecule has 2 fully saturated rings. The summed E-state index contributed by atoms with van der Waals surface area (Å²) >= 11 is 0. The van der Waals surface area contributed by atoms with Crippen molar-refractivity contribution in [2.24, 2.45) is 10.8 Å². The molecule has 0 amide bonds. The van der Waals surface area contributed by atoms with Gasteiger partial charge in [0.15, 0.2) is 0 Å². The van der Waals surface area contributed by atoms with Gasteiger partial charge in [-0.25, -0.2) is 0 Å². The van der Waals surface area contributed by atoms with E-state index < -0.39 is 0 Å². The number of carbonyl (C=O) groups is 1. The predicted octanol–water partition coefficient (Wildman–Crippen LogP) is 1.78. The molecular formula is C10H16O2. The molecule has 2 heteroatoms. The van der Waals surface area contributed by atoms with E-state index in [0.717, 1.165) is 6.42 Å². The van der Waals surface area contributed by atoms with E-state index in [1.54, 1.807) is 0 Å². The first-order valence-electron chi connectivity index (χ1n) is 4.56. The van der Waals surface area contributed by atoms with Gasteiger partial charge in [0.25, 0.3) is 0 Å². The Morgan fingerprint density at radius 3 is 2.50 bits per heavy atom. The monoisotopic (exact) mass is 168 g/mol. The van der Waals surface area contributed by atoms with Crippen LogP contribution in [0.1, 0.15) is 34.1 Å². The Balaban J connectivity index is 2.33. The van der Waals surface area contributed by atoms with E-state index in [1.807, 2.05) is 27.7 Å². The van der Waals surface area contributed by atoms with Crippen molar-refractivity contribution in [2.75, 3.05) is 0 Å². The number of fused-ring (bicyclic) bond motifs is 1. The number of ether oxygens (including phenoxy) is 1. The molecule has 2 rings (SSSR count). The number of hydrogen-bond acceptors (Lipinski definition) is 2. The third kappa shape index (κ3) is 0.875. The van der Waals surface area contributed by atoms with Gasteiger partial charge in [0.2, 0.25) is 0 Å². The minimum Gasteiger partial charge on any atom is -0.368 e. The number of ketones is 1. The molecule has 1 aliphatic carbocycles. The van der Waals surface area contributed by atoms with E-state index >= 15 is 0 Å². The zero-order valence-electron chi connectivity index (χ0n) is 8.18. The maximum absolute atomic E-state index is 11.9. The normalized spacial score (nSPS) is 42.2. The smallest absolute Gasteiger partial charge is 0.146 e. The van der Waals surface area contributed by atoms with Gasteiger partial charge in [-0.05, 0) is 6.42 Å². The summed E-state index contributed by atoms with van der Waals surface area (Å²) < 4.78 is 5.48. The number of Topliss-reactive ketones (excluding diaryl/α,β-unsaturated/α-hetero) is 1. The Kier molecular flexibility index (Phi) is 1.32. The highest BCUT2D eigenvalue weighted by Crippen LogP contribution is 2.52. The number of epoxide rings is 1. The highest BCUT2D eigenvalue weighted by atomic mass is 16.6. The number of carbonyl (C=O) groups excluding carboxylic acids is 1. The topological polar surface area (TPSA) is 29.6 Å². The fourth-order valence-electron chi connectivity index (χ4n) is 2.53. The molecule has 2 nitrogen and oxygen atoms in total. The molecule has 0 aromatic rings. The quantitative estimate of drug-likeness (QED) is 0.516. The first-order valence-corrected chi connectivity index (χ1v) is 4.56. The van der Waals surface area contributed by atoms with Crippen molar-refractivity contribution in [3.63, 3.8) is 0 Å². The first-order chi connectivity index (χ1) is 5.36. The fourth-order valence-corrected chi connectivity index (χ4v) is 2.53. The second-order valence-electron chi connectivity index (χ2n) is 5.23. The molecule has 1 saturated heterocycles. The Bertz CT molecular complexity index is 240. The molecule has 0 N–H and O–H groups in total. The summed E-state index contributed by atoms with van der Waals surface area (Å²) in [5, 5.41) is 0. The van der Waals surface area contributed by atoms with Gasteiger partial charge in [0.05, 0.1) is 17.6 Å². The SMILES string of the molecule is CC1(C)C[C@H]2O[C@H]2C(C)(C)C1=O. The zero-order valence-corrected chi connectivity index (χ0v) is 8.18. The van der Waals surface area contributed by atoms with Gasteiger partial charge in [-0.3, -0.25) is 4.79 Å². The molecule has 0 bridgehead atoms. The number of rotatable bonds is 0. The van der Waals surface area contributed by atoms with E-state index in [2.05, 4.69) is 0 Å². The van der Waals surface area contributed by atoms with Crippen molar-refractivity contribution in [3.05, 3.63) is 0 Å². The van der Waals surface area contributed by atoms with Crippen molar-refractivity contribution in [1.29, 1.82) is 0 Å². The van der Waals surface area contributed by atoms with Crippen molar-refractivity contribution in [2.45, 2.75) is 46.3 Å². The minimum atomic E-state index is -0.258. The molecule has 0 unspecified atom stereocenters. The van der Waals surface area contributed by atoms with Gasteiger partial charge in [0, 0.05) is 5.41 Å². The van der Waals surface area contributed by atoms with Gasteiger partial charge in [-0.15, -0.1) is 0 Å². The van der Waals surface area contributed by atoms with Crippen LogP contribution in [0.25, 0.3) is 0 Å². The van der Waals surface area contributed by atoms with E-state index in [4.69, 9.17) is 4.74 Å². The predicted molar refractivity (Wildman–Crippen MR) is 45.8 cm³/mol. The van der Waals surface area contributed by atoms with Crippen LogP contribution in [-0.2, 0) is 9.53 Å². The summed E-state index contributed by atoms with van der Waals surface area (Å²) in [4.78, 5) is 11.9. The molecule has 2 atom stereocenters. The number of hydrogen-bond donors (Lipinski definition) is 0. The third-order valence-corrected chi connectivity index (χ3v) is 3.21. The summed E-state index contributed by atoms with van der Waals surface area (Å²) in [7, 11) is 0. The molecular weight excluding hydrogens is 152 g/mol. The maximum Gasteiger partial charge on any atom is 0.146 e. The van der Waals surface area contributed by atoms with Crippen LogP contribution in [0.15, 0.2) is 0 Å². The molecule has 1 heterocycles. The van der Waals surface area contributed by atoms with Crippen LogP contribution in [0.5, 0.6) is 0 Å². The Labute approximate surface area is 73.3 Å². The van der Waals surface area contributed by atoms with Gasteiger partial charge >= 0.3 is 0 Å². The summed E-state index contributed by atoms with van der Waals surface area (Å²) in [6.45, 7) is 8.05. The molecule has 0 radical (unpaired) electrons. The highest BCUT2D eigenvalue weighted by Gasteiger charge is 2.62. The van der Waals surface area contributed by atoms with Gasteiger partial charge in [-0.2, -0.15) is 0 Å². The molecule has 68 valence electrons. The van der Waals surface area contributed by atoms with Crippen LogP contribution >= 0.6 is 0 Å². The van der Waals surface area contributed by atoms with E-state index in [0.29, 0.717) is 11.9 Å². The minimum absolute atomic E-state index is 0.179. The zero-order chi connectivity index (χ0) is 9.15. The largest absolute Gasteiger partial charge is 0.368 e. The molecule has 1 aliphatic heterocycles. The summed E-state index contributed by atoms with van der Waals surface area (Å²) in [5.41, 5.74) is -0.437. The maximum atomic E-state index is 11.9. The van der Waals surface area contributed by atoms with Crippen molar-refractivity contribution in [3.8, 4) is 0 Å². The second-order valence-corrected chi connectivity index (χ2v) is 5.23. The lowest BCUT2D eigenvalue weighted by molar-refractivity contribution is -0.138. The summed E-state index contributed by atoms with van der Waals surface area (Å²) in [6, 6.07) is 0. The van der Waals surface area contributed by atoms with Crippen molar-refractivity contribution >= 4 is 5.78 Å². The Morgan fingerprint density at radius 2 is 1.92 bits per heavy atom. The highest BCUT2D eigenvalue weighted by molar-refractivity contribution is 5.91. The van der Waals surface area contributed by atoms with Crippen LogP contribution in [0.2, 0.25) is 0 Å². The lowest BCUT2D eigenvalue weighted by atomic mass is 9.64. The fraction of sp³-hybridized carbons (Fsp3) is 0.900. The molecule has 2 aliphatic rings. The standard InChI is InChI=1S/C10H16O2/c1-9(2)5-6-7(12-6)10(3,4)8(9)11/h6-7H,5H2,1-4H3/t6-,7-/m1/s1. The molecule has 0 aromatic heterocycles.